The number of urea groups is 1. The molecule has 0 saturated carbocycles. The summed E-state index contributed by atoms with van der Waals surface area (Å²) in [5, 5.41) is 5.57. The van der Waals surface area contributed by atoms with Crippen LogP contribution in [0.4, 0.5) is 4.79 Å². The van der Waals surface area contributed by atoms with Crippen LogP contribution < -0.4 is 10.6 Å². The molecule has 0 aromatic heterocycles. The highest BCUT2D eigenvalue weighted by Gasteiger charge is 2.18. The maximum atomic E-state index is 10.6. The maximum Gasteiger partial charge on any atom is 0.315 e. The number of nitrogens with one attached hydrogen (secondary N) is 2. The van der Waals surface area contributed by atoms with Crippen LogP contribution in [-0.4, -0.2) is 18.6 Å². The number of carbonyl (C=O) groups excluding carboxylic acids is 1. The van der Waals surface area contributed by atoms with E-state index >= 15 is 0 Å². The molecule has 2 N–H and O–H groups in total. The second-order valence-electron chi connectivity index (χ2n) is 2.69. The number of carbonyl (C=O) groups is 1. The van der Waals surface area contributed by atoms with Gasteiger partial charge >= 0.3 is 6.03 Å². The van der Waals surface area contributed by atoms with E-state index in [9.17, 15) is 4.79 Å². The summed E-state index contributed by atoms with van der Waals surface area (Å²) in [6, 6.07) is 0.369. The second kappa shape index (κ2) is 3.44. The summed E-state index contributed by atoms with van der Waals surface area (Å²) < 4.78 is 0. The van der Waals surface area contributed by atoms with Gasteiger partial charge < -0.3 is 10.6 Å². The normalized spacial score (nSPS) is 24.1. The molecule has 1 rings (SSSR count). The first-order valence-electron chi connectivity index (χ1n) is 3.87. The molecule has 10 heavy (non-hydrogen) atoms. The first kappa shape index (κ1) is 7.38. The van der Waals surface area contributed by atoms with Crippen LogP contribution in [0.15, 0.2) is 0 Å². The van der Waals surface area contributed by atoms with Gasteiger partial charge in [0.1, 0.15) is 0 Å². The number of amides is 2. The standard InChI is InChI=1S/C7H14N2O/c1-2-3-4-6-5-8-7(10)9-6/h6H,2-5H2,1H3,(H2,8,9,10). The Kier molecular flexibility index (Phi) is 2.54. The van der Waals surface area contributed by atoms with Crippen LogP contribution in [0.5, 0.6) is 0 Å². The fraction of sp³-hybridized carbons (Fsp3) is 0.857. The molecule has 1 unspecified atom stereocenters. The molecule has 0 bridgehead atoms. The Labute approximate surface area is 61.2 Å². The lowest BCUT2D eigenvalue weighted by atomic mass is 10.1. The summed E-state index contributed by atoms with van der Waals surface area (Å²) in [6.45, 7) is 2.96. The first-order valence-corrected chi connectivity index (χ1v) is 3.87. The molecule has 1 fully saturated rings. The largest absolute Gasteiger partial charge is 0.336 e. The molecule has 0 aliphatic carbocycles. The van der Waals surface area contributed by atoms with Crippen molar-refractivity contribution in [2.24, 2.45) is 0 Å². The summed E-state index contributed by atoms with van der Waals surface area (Å²) in [4.78, 5) is 10.6. The van der Waals surface area contributed by atoms with Gasteiger partial charge in [0.25, 0.3) is 0 Å². The highest BCUT2D eigenvalue weighted by Crippen LogP contribution is 2.02. The third-order valence-electron chi connectivity index (χ3n) is 1.75. The smallest absolute Gasteiger partial charge is 0.315 e. The van der Waals surface area contributed by atoms with Crippen molar-refractivity contribution in [2.45, 2.75) is 32.2 Å². The zero-order chi connectivity index (χ0) is 7.40. The zero-order valence-corrected chi connectivity index (χ0v) is 6.31. The molecular formula is C7H14N2O. The van der Waals surface area contributed by atoms with Crippen molar-refractivity contribution in [1.82, 2.24) is 10.6 Å². The van der Waals surface area contributed by atoms with Crippen molar-refractivity contribution in [2.75, 3.05) is 6.54 Å². The molecule has 1 aliphatic rings. The van der Waals surface area contributed by atoms with Crippen LogP contribution in [0, 0.1) is 0 Å². The fourth-order valence-corrected chi connectivity index (χ4v) is 1.13. The fourth-order valence-electron chi connectivity index (χ4n) is 1.13. The Bertz CT molecular complexity index is 125. The molecule has 1 aliphatic heterocycles. The Balaban J connectivity index is 2.12. The molecule has 3 heteroatoms. The van der Waals surface area contributed by atoms with Crippen molar-refractivity contribution < 1.29 is 4.79 Å². The predicted octanol–water partition coefficient (Wildman–Crippen LogP) is 0.858. The SMILES string of the molecule is CCCCC1CNC(=O)N1. The molecule has 2 amide bonds. The van der Waals surface area contributed by atoms with E-state index in [2.05, 4.69) is 17.6 Å². The number of unbranched alkanes of at least 4 members (excludes halogenated alkanes) is 1. The van der Waals surface area contributed by atoms with Crippen LogP contribution >= 0.6 is 0 Å². The van der Waals surface area contributed by atoms with E-state index in [1.807, 2.05) is 0 Å². The summed E-state index contributed by atoms with van der Waals surface area (Å²) >= 11 is 0. The lowest BCUT2D eigenvalue weighted by Crippen LogP contribution is -2.26. The minimum absolute atomic E-state index is 0.0129. The van der Waals surface area contributed by atoms with Gasteiger partial charge in [0.2, 0.25) is 0 Å². The van der Waals surface area contributed by atoms with E-state index in [0.717, 1.165) is 13.0 Å². The van der Waals surface area contributed by atoms with E-state index in [1.165, 1.54) is 12.8 Å². The second-order valence-corrected chi connectivity index (χ2v) is 2.69. The van der Waals surface area contributed by atoms with E-state index < -0.39 is 0 Å². The Morgan fingerprint density at radius 2 is 2.50 bits per heavy atom. The van der Waals surface area contributed by atoms with Gasteiger partial charge in [0.15, 0.2) is 0 Å². The highest BCUT2D eigenvalue weighted by molar-refractivity contribution is 5.76. The molecule has 3 nitrogen and oxygen atoms in total. The van der Waals surface area contributed by atoms with Gasteiger partial charge in [-0.3, -0.25) is 0 Å². The molecule has 0 aromatic rings. The number of rotatable bonds is 3. The molecule has 0 aromatic carbocycles. The van der Waals surface area contributed by atoms with Gasteiger partial charge in [0.05, 0.1) is 0 Å². The maximum absolute atomic E-state index is 10.6. The lowest BCUT2D eigenvalue weighted by Gasteiger charge is -2.05. The third-order valence-corrected chi connectivity index (χ3v) is 1.75. The summed E-state index contributed by atoms with van der Waals surface area (Å²) in [5.41, 5.74) is 0. The first-order chi connectivity index (χ1) is 4.83. The highest BCUT2D eigenvalue weighted by atomic mass is 16.2. The van der Waals surface area contributed by atoms with Crippen LogP contribution in [0.3, 0.4) is 0 Å². The van der Waals surface area contributed by atoms with Gasteiger partial charge in [-0.25, -0.2) is 4.79 Å². The lowest BCUT2D eigenvalue weighted by molar-refractivity contribution is 0.247. The Hall–Kier alpha value is -0.730. The van der Waals surface area contributed by atoms with Crippen molar-refractivity contribution in [3.05, 3.63) is 0 Å². The van der Waals surface area contributed by atoms with Gasteiger partial charge in [-0.2, -0.15) is 0 Å². The van der Waals surface area contributed by atoms with Gasteiger partial charge in [-0.15, -0.1) is 0 Å². The van der Waals surface area contributed by atoms with E-state index in [0.29, 0.717) is 6.04 Å². The van der Waals surface area contributed by atoms with E-state index in [1.54, 1.807) is 0 Å². The molecule has 1 saturated heterocycles. The number of hydrogen-bond acceptors (Lipinski definition) is 1. The molecule has 58 valence electrons. The van der Waals surface area contributed by atoms with Crippen molar-refractivity contribution in [1.29, 1.82) is 0 Å². The molecule has 1 atom stereocenters. The van der Waals surface area contributed by atoms with Crippen molar-refractivity contribution in [3.63, 3.8) is 0 Å². The zero-order valence-electron chi connectivity index (χ0n) is 6.31. The minimum Gasteiger partial charge on any atom is -0.336 e. The Morgan fingerprint density at radius 1 is 1.70 bits per heavy atom. The van der Waals surface area contributed by atoms with Crippen LogP contribution in [0.2, 0.25) is 0 Å². The van der Waals surface area contributed by atoms with Crippen molar-refractivity contribution >= 4 is 6.03 Å². The molecule has 0 spiro atoms. The monoisotopic (exact) mass is 142 g/mol. The third kappa shape index (κ3) is 1.90. The van der Waals surface area contributed by atoms with Gasteiger partial charge in [-0.1, -0.05) is 19.8 Å². The molecule has 1 heterocycles. The topological polar surface area (TPSA) is 41.1 Å². The van der Waals surface area contributed by atoms with Crippen LogP contribution in [0.25, 0.3) is 0 Å². The summed E-state index contributed by atoms with van der Waals surface area (Å²) in [5.74, 6) is 0. The van der Waals surface area contributed by atoms with E-state index in [4.69, 9.17) is 0 Å². The number of hydrogen-bond donors (Lipinski definition) is 2. The molecular weight excluding hydrogens is 128 g/mol. The Morgan fingerprint density at radius 3 is 3.00 bits per heavy atom. The van der Waals surface area contributed by atoms with E-state index in [-0.39, 0.29) is 6.03 Å². The summed E-state index contributed by atoms with van der Waals surface area (Å²) in [7, 11) is 0. The van der Waals surface area contributed by atoms with Crippen LogP contribution in [-0.2, 0) is 0 Å². The predicted molar refractivity (Wildman–Crippen MR) is 39.8 cm³/mol. The quantitative estimate of drug-likeness (QED) is 0.603. The average molecular weight is 142 g/mol. The van der Waals surface area contributed by atoms with Crippen molar-refractivity contribution in [3.8, 4) is 0 Å². The van der Waals surface area contributed by atoms with Gasteiger partial charge in [0, 0.05) is 12.6 Å². The van der Waals surface area contributed by atoms with Crippen LogP contribution in [0.1, 0.15) is 26.2 Å². The average Bonchev–Trinajstić information content (AvgIpc) is 2.31. The molecule has 0 radical (unpaired) electrons. The van der Waals surface area contributed by atoms with Gasteiger partial charge in [-0.05, 0) is 6.42 Å². The summed E-state index contributed by atoms with van der Waals surface area (Å²) in [6.07, 6.45) is 3.51. The minimum atomic E-state index is -0.0129.